The number of aromatic nitrogens is 2. The average molecular weight is 237 g/mol. The van der Waals surface area contributed by atoms with Crippen LogP contribution in [0, 0.1) is 6.92 Å². The number of nitrogens with zero attached hydrogens (tertiary/aromatic N) is 2. The number of ether oxygens (including phenoxy) is 1. The lowest BCUT2D eigenvalue weighted by molar-refractivity contribution is 0.116. The zero-order valence-corrected chi connectivity index (χ0v) is 10.3. The molecule has 0 saturated heterocycles. The first-order chi connectivity index (χ1) is 8.19. The largest absolute Gasteiger partial charge is 0.481 e. The molecule has 5 nitrogen and oxygen atoms in total. The van der Waals surface area contributed by atoms with E-state index in [1.807, 2.05) is 6.92 Å². The maximum absolute atomic E-state index is 9.88. The summed E-state index contributed by atoms with van der Waals surface area (Å²) in [7, 11) is 1.58. The minimum absolute atomic E-state index is 0.0512. The molecule has 1 aromatic rings. The molecule has 0 amide bonds. The third kappa shape index (κ3) is 3.06. The first-order valence-corrected chi connectivity index (χ1v) is 6.03. The fraction of sp³-hybridized carbons (Fsp3) is 0.667. The van der Waals surface area contributed by atoms with E-state index in [-0.39, 0.29) is 12.1 Å². The zero-order chi connectivity index (χ0) is 12.3. The van der Waals surface area contributed by atoms with Crippen LogP contribution in [-0.2, 0) is 0 Å². The Hall–Kier alpha value is -1.36. The van der Waals surface area contributed by atoms with Gasteiger partial charge in [-0.25, -0.2) is 4.98 Å². The van der Waals surface area contributed by atoms with Gasteiger partial charge in [-0.05, 0) is 19.8 Å². The van der Waals surface area contributed by atoms with Crippen molar-refractivity contribution >= 4 is 5.95 Å². The summed E-state index contributed by atoms with van der Waals surface area (Å²) in [4.78, 5) is 8.52. The molecule has 2 rings (SSSR count). The lowest BCUT2D eigenvalue weighted by Crippen LogP contribution is -2.36. The maximum atomic E-state index is 9.88. The molecule has 1 aromatic heterocycles. The van der Waals surface area contributed by atoms with Crippen molar-refractivity contribution in [3.63, 3.8) is 0 Å². The molecule has 1 saturated carbocycles. The summed E-state index contributed by atoms with van der Waals surface area (Å²) >= 11 is 0. The van der Waals surface area contributed by atoms with Crippen LogP contribution in [0.25, 0.3) is 0 Å². The van der Waals surface area contributed by atoms with Crippen molar-refractivity contribution in [2.75, 3.05) is 12.4 Å². The van der Waals surface area contributed by atoms with Crippen molar-refractivity contribution in [1.29, 1.82) is 0 Å². The molecule has 1 aliphatic carbocycles. The minimum atomic E-state index is -0.307. The molecular weight excluding hydrogens is 218 g/mol. The predicted octanol–water partition coefficient (Wildman–Crippen LogP) is 1.51. The third-order valence-corrected chi connectivity index (χ3v) is 3.08. The molecule has 1 aliphatic rings. The van der Waals surface area contributed by atoms with Crippen LogP contribution in [-0.4, -0.2) is 34.3 Å². The smallest absolute Gasteiger partial charge is 0.226 e. The molecule has 0 aromatic carbocycles. The Balaban J connectivity index is 2.09. The zero-order valence-electron chi connectivity index (χ0n) is 10.3. The van der Waals surface area contributed by atoms with E-state index >= 15 is 0 Å². The number of aliphatic hydroxyl groups is 1. The summed E-state index contributed by atoms with van der Waals surface area (Å²) in [6, 6.07) is 1.83. The van der Waals surface area contributed by atoms with Gasteiger partial charge in [0.1, 0.15) is 0 Å². The molecule has 1 fully saturated rings. The summed E-state index contributed by atoms with van der Waals surface area (Å²) in [5.41, 5.74) is 0.852. The Morgan fingerprint density at radius 2 is 2.12 bits per heavy atom. The van der Waals surface area contributed by atoms with E-state index < -0.39 is 0 Å². The molecule has 0 radical (unpaired) electrons. The van der Waals surface area contributed by atoms with Crippen LogP contribution < -0.4 is 10.1 Å². The second-order valence-corrected chi connectivity index (χ2v) is 4.48. The highest BCUT2D eigenvalue weighted by molar-refractivity contribution is 5.32. The van der Waals surface area contributed by atoms with Crippen molar-refractivity contribution in [2.24, 2.45) is 0 Å². The Bertz CT molecular complexity index is 384. The molecule has 2 unspecified atom stereocenters. The summed E-state index contributed by atoms with van der Waals surface area (Å²) in [6.45, 7) is 1.90. The van der Waals surface area contributed by atoms with Crippen LogP contribution in [0.15, 0.2) is 6.07 Å². The molecule has 2 atom stereocenters. The summed E-state index contributed by atoms with van der Waals surface area (Å²) < 4.78 is 5.10. The number of anilines is 1. The van der Waals surface area contributed by atoms with Gasteiger partial charge in [0.25, 0.3) is 0 Å². The van der Waals surface area contributed by atoms with Crippen molar-refractivity contribution in [3.8, 4) is 5.88 Å². The van der Waals surface area contributed by atoms with E-state index in [0.29, 0.717) is 11.8 Å². The van der Waals surface area contributed by atoms with E-state index in [1.165, 1.54) is 0 Å². The van der Waals surface area contributed by atoms with Gasteiger partial charge in [-0.1, -0.05) is 12.8 Å². The van der Waals surface area contributed by atoms with E-state index in [0.717, 1.165) is 31.4 Å². The van der Waals surface area contributed by atoms with Crippen LogP contribution in [0.3, 0.4) is 0 Å². The van der Waals surface area contributed by atoms with E-state index in [9.17, 15) is 5.11 Å². The molecule has 94 valence electrons. The highest BCUT2D eigenvalue weighted by Gasteiger charge is 2.23. The second-order valence-electron chi connectivity index (χ2n) is 4.48. The van der Waals surface area contributed by atoms with Gasteiger partial charge in [0.05, 0.1) is 19.3 Å². The van der Waals surface area contributed by atoms with Gasteiger partial charge in [0.15, 0.2) is 0 Å². The quantitative estimate of drug-likeness (QED) is 0.834. The van der Waals surface area contributed by atoms with Crippen LogP contribution in [0.5, 0.6) is 5.88 Å². The first kappa shape index (κ1) is 12.1. The van der Waals surface area contributed by atoms with Gasteiger partial charge in [-0.15, -0.1) is 0 Å². The van der Waals surface area contributed by atoms with E-state index in [1.54, 1.807) is 13.2 Å². The summed E-state index contributed by atoms with van der Waals surface area (Å²) in [5, 5.41) is 13.1. The topological polar surface area (TPSA) is 67.3 Å². The Kier molecular flexibility index (Phi) is 3.78. The van der Waals surface area contributed by atoms with E-state index in [2.05, 4.69) is 15.3 Å². The number of rotatable bonds is 3. The van der Waals surface area contributed by atoms with Crippen LogP contribution in [0.1, 0.15) is 31.4 Å². The monoisotopic (exact) mass is 237 g/mol. The fourth-order valence-corrected chi connectivity index (χ4v) is 2.15. The first-order valence-electron chi connectivity index (χ1n) is 6.03. The normalized spacial score (nSPS) is 24.4. The van der Waals surface area contributed by atoms with Crippen LogP contribution in [0.4, 0.5) is 5.95 Å². The summed E-state index contributed by atoms with van der Waals surface area (Å²) in [6.07, 6.45) is 3.73. The minimum Gasteiger partial charge on any atom is -0.481 e. The average Bonchev–Trinajstić information content (AvgIpc) is 2.31. The Morgan fingerprint density at radius 3 is 2.82 bits per heavy atom. The number of aryl methyl sites for hydroxylation is 1. The van der Waals surface area contributed by atoms with Gasteiger partial charge < -0.3 is 15.2 Å². The van der Waals surface area contributed by atoms with Gasteiger partial charge in [-0.2, -0.15) is 4.98 Å². The maximum Gasteiger partial charge on any atom is 0.226 e. The number of aliphatic hydroxyl groups excluding tert-OH is 1. The molecule has 2 N–H and O–H groups in total. The number of nitrogens with one attached hydrogen (secondary N) is 1. The second kappa shape index (κ2) is 5.31. The molecule has 5 heteroatoms. The van der Waals surface area contributed by atoms with E-state index in [4.69, 9.17) is 4.74 Å². The van der Waals surface area contributed by atoms with Gasteiger partial charge in [-0.3, -0.25) is 0 Å². The molecule has 0 aliphatic heterocycles. The van der Waals surface area contributed by atoms with Crippen molar-refractivity contribution < 1.29 is 9.84 Å². The lowest BCUT2D eigenvalue weighted by atomic mass is 9.93. The predicted molar refractivity (Wildman–Crippen MR) is 65.2 cm³/mol. The highest BCUT2D eigenvalue weighted by atomic mass is 16.5. The lowest BCUT2D eigenvalue weighted by Gasteiger charge is -2.28. The van der Waals surface area contributed by atoms with Crippen LogP contribution in [0.2, 0.25) is 0 Å². The summed E-state index contributed by atoms with van der Waals surface area (Å²) in [5.74, 6) is 1.08. The number of hydrogen-bond acceptors (Lipinski definition) is 5. The fourth-order valence-electron chi connectivity index (χ4n) is 2.15. The third-order valence-electron chi connectivity index (χ3n) is 3.08. The van der Waals surface area contributed by atoms with Crippen molar-refractivity contribution in [2.45, 2.75) is 44.8 Å². The number of methoxy groups -OCH3 is 1. The van der Waals surface area contributed by atoms with Crippen LogP contribution >= 0.6 is 0 Å². The Morgan fingerprint density at radius 1 is 1.35 bits per heavy atom. The SMILES string of the molecule is COc1cc(C)nc(NC2CCCCC2O)n1. The Labute approximate surface area is 101 Å². The molecule has 1 heterocycles. The van der Waals surface area contributed by atoms with Crippen molar-refractivity contribution in [1.82, 2.24) is 9.97 Å². The highest BCUT2D eigenvalue weighted by Crippen LogP contribution is 2.21. The van der Waals surface area contributed by atoms with Crippen molar-refractivity contribution in [3.05, 3.63) is 11.8 Å². The molecule has 0 bridgehead atoms. The molecule has 0 spiro atoms. The molecular formula is C12H19N3O2. The van der Waals surface area contributed by atoms with Gasteiger partial charge in [0, 0.05) is 11.8 Å². The standard InChI is InChI=1S/C12H19N3O2/c1-8-7-11(17-2)15-12(13-8)14-9-5-3-4-6-10(9)16/h7,9-10,16H,3-6H2,1-2H3,(H,13,14,15). The molecule has 17 heavy (non-hydrogen) atoms. The van der Waals surface area contributed by atoms with Gasteiger partial charge in [0.2, 0.25) is 11.8 Å². The number of hydrogen-bond donors (Lipinski definition) is 2. The van der Waals surface area contributed by atoms with Gasteiger partial charge >= 0.3 is 0 Å².